The van der Waals surface area contributed by atoms with E-state index in [1.54, 1.807) is 4.90 Å². The third-order valence-electron chi connectivity index (χ3n) is 3.80. The van der Waals surface area contributed by atoms with Gasteiger partial charge in [-0.2, -0.15) is 0 Å². The highest BCUT2D eigenvalue weighted by Gasteiger charge is 2.48. The van der Waals surface area contributed by atoms with E-state index in [4.69, 9.17) is 4.74 Å². The lowest BCUT2D eigenvalue weighted by atomic mass is 10.1. The molecule has 1 amide bonds. The number of carbonyl (C=O) groups excluding carboxylic acids is 1. The Morgan fingerprint density at radius 1 is 1.33 bits per heavy atom. The number of ether oxygens (including phenoxy) is 1. The largest absolute Gasteiger partial charge is 0.445 e. The third-order valence-corrected chi connectivity index (χ3v) is 3.80. The second-order valence-corrected chi connectivity index (χ2v) is 5.17. The predicted molar refractivity (Wildman–Crippen MR) is 65.8 cm³/mol. The van der Waals surface area contributed by atoms with Crippen LogP contribution in [0.2, 0.25) is 0 Å². The molecule has 1 aromatic carbocycles. The Labute approximate surface area is 106 Å². The van der Waals surface area contributed by atoms with Crippen molar-refractivity contribution in [3.63, 3.8) is 0 Å². The maximum atomic E-state index is 11.9. The highest BCUT2D eigenvalue weighted by molar-refractivity contribution is 5.68. The number of likely N-dealkylation sites (tertiary alicyclic amines) is 1. The first-order valence-electron chi connectivity index (χ1n) is 6.38. The number of hydrogen-bond acceptors (Lipinski definition) is 3. The van der Waals surface area contributed by atoms with Crippen LogP contribution in [0.15, 0.2) is 30.3 Å². The molecule has 1 aliphatic carbocycles. The minimum Gasteiger partial charge on any atom is -0.445 e. The molecular formula is C14H17NO3. The highest BCUT2D eigenvalue weighted by Crippen LogP contribution is 2.45. The van der Waals surface area contributed by atoms with Gasteiger partial charge in [0.05, 0.1) is 12.6 Å². The molecule has 3 rings (SSSR count). The number of rotatable bonds is 2. The van der Waals surface area contributed by atoms with E-state index in [2.05, 4.69) is 0 Å². The molecule has 18 heavy (non-hydrogen) atoms. The van der Waals surface area contributed by atoms with E-state index in [1.807, 2.05) is 30.3 Å². The maximum absolute atomic E-state index is 11.9. The van der Waals surface area contributed by atoms with Crippen molar-refractivity contribution < 1.29 is 14.6 Å². The fourth-order valence-electron chi connectivity index (χ4n) is 2.63. The van der Waals surface area contributed by atoms with Gasteiger partial charge in [-0.15, -0.1) is 0 Å². The van der Waals surface area contributed by atoms with Gasteiger partial charge >= 0.3 is 6.09 Å². The van der Waals surface area contributed by atoms with Gasteiger partial charge in [-0.3, -0.25) is 0 Å². The van der Waals surface area contributed by atoms with Crippen molar-refractivity contribution in [3.05, 3.63) is 35.9 Å². The van der Waals surface area contributed by atoms with Gasteiger partial charge in [0.2, 0.25) is 0 Å². The fourth-order valence-corrected chi connectivity index (χ4v) is 2.63. The molecule has 1 saturated heterocycles. The van der Waals surface area contributed by atoms with E-state index >= 15 is 0 Å². The molecule has 1 heterocycles. The number of hydrogen-bond donors (Lipinski definition) is 1. The quantitative estimate of drug-likeness (QED) is 0.864. The van der Waals surface area contributed by atoms with Gasteiger partial charge in [-0.25, -0.2) is 4.79 Å². The van der Waals surface area contributed by atoms with Gasteiger partial charge in [-0.05, 0) is 23.8 Å². The van der Waals surface area contributed by atoms with Crippen LogP contribution < -0.4 is 0 Å². The maximum Gasteiger partial charge on any atom is 0.410 e. The van der Waals surface area contributed by atoms with E-state index in [0.29, 0.717) is 25.0 Å². The van der Waals surface area contributed by atoms with Crippen LogP contribution in [0.4, 0.5) is 4.79 Å². The Morgan fingerprint density at radius 2 is 2.11 bits per heavy atom. The van der Waals surface area contributed by atoms with Crippen LogP contribution in [0.1, 0.15) is 12.0 Å². The number of piperidine rings is 1. The van der Waals surface area contributed by atoms with Crippen molar-refractivity contribution in [1.82, 2.24) is 4.90 Å². The summed E-state index contributed by atoms with van der Waals surface area (Å²) in [5, 5.41) is 9.77. The van der Waals surface area contributed by atoms with E-state index < -0.39 is 0 Å². The molecule has 0 spiro atoms. The molecule has 1 saturated carbocycles. The molecule has 96 valence electrons. The standard InChI is InChI=1S/C14H17NO3/c16-13-8-15(7-11-6-12(11)13)14(17)18-9-10-4-2-1-3-5-10/h1-5,11-13,16H,6-9H2. The monoisotopic (exact) mass is 247 g/mol. The summed E-state index contributed by atoms with van der Waals surface area (Å²) >= 11 is 0. The number of nitrogens with zero attached hydrogens (tertiary/aromatic N) is 1. The molecular weight excluding hydrogens is 230 g/mol. The normalized spacial score (nSPS) is 29.6. The molecule has 0 radical (unpaired) electrons. The first-order chi connectivity index (χ1) is 8.74. The SMILES string of the molecule is O=C(OCc1ccccc1)N1CC(O)C2CC2C1. The van der Waals surface area contributed by atoms with Crippen LogP contribution in [0.25, 0.3) is 0 Å². The van der Waals surface area contributed by atoms with Gasteiger partial charge < -0.3 is 14.7 Å². The second-order valence-electron chi connectivity index (χ2n) is 5.17. The average Bonchev–Trinajstić information content (AvgIpc) is 3.17. The predicted octanol–water partition coefficient (Wildman–Crippen LogP) is 1.64. The molecule has 3 unspecified atom stereocenters. The number of benzene rings is 1. The van der Waals surface area contributed by atoms with Crippen molar-refractivity contribution >= 4 is 6.09 Å². The lowest BCUT2D eigenvalue weighted by molar-refractivity contribution is 0.0404. The molecule has 1 aromatic rings. The van der Waals surface area contributed by atoms with Crippen LogP contribution >= 0.6 is 0 Å². The van der Waals surface area contributed by atoms with E-state index in [-0.39, 0.29) is 12.2 Å². The summed E-state index contributed by atoms with van der Waals surface area (Å²) in [6.45, 7) is 1.44. The topological polar surface area (TPSA) is 49.8 Å². The van der Waals surface area contributed by atoms with Gasteiger partial charge in [-0.1, -0.05) is 30.3 Å². The molecule has 1 N–H and O–H groups in total. The highest BCUT2D eigenvalue weighted by atomic mass is 16.6. The van der Waals surface area contributed by atoms with Crippen molar-refractivity contribution in [2.24, 2.45) is 11.8 Å². The Hall–Kier alpha value is -1.55. The summed E-state index contributed by atoms with van der Waals surface area (Å²) in [5.74, 6) is 0.904. The van der Waals surface area contributed by atoms with E-state index in [0.717, 1.165) is 18.5 Å². The van der Waals surface area contributed by atoms with Crippen LogP contribution in [-0.2, 0) is 11.3 Å². The number of aliphatic hydroxyl groups excluding tert-OH is 1. The second kappa shape index (κ2) is 4.61. The first-order valence-corrected chi connectivity index (χ1v) is 6.38. The lowest BCUT2D eigenvalue weighted by Gasteiger charge is -2.28. The Balaban J connectivity index is 1.52. The van der Waals surface area contributed by atoms with Crippen LogP contribution in [-0.4, -0.2) is 35.3 Å². The van der Waals surface area contributed by atoms with Gasteiger partial charge in [0, 0.05) is 6.54 Å². The fraction of sp³-hybridized carbons (Fsp3) is 0.500. The van der Waals surface area contributed by atoms with Gasteiger partial charge in [0.25, 0.3) is 0 Å². The zero-order valence-corrected chi connectivity index (χ0v) is 10.2. The number of aliphatic hydroxyl groups is 1. The Morgan fingerprint density at radius 3 is 2.83 bits per heavy atom. The molecule has 3 atom stereocenters. The van der Waals surface area contributed by atoms with Crippen LogP contribution in [0.5, 0.6) is 0 Å². The summed E-state index contributed by atoms with van der Waals surface area (Å²) in [4.78, 5) is 13.5. The first kappa shape index (κ1) is 11.5. The zero-order valence-electron chi connectivity index (χ0n) is 10.2. The van der Waals surface area contributed by atoms with E-state index in [9.17, 15) is 9.90 Å². The number of carbonyl (C=O) groups is 1. The summed E-state index contributed by atoms with van der Waals surface area (Å²) in [7, 11) is 0. The summed E-state index contributed by atoms with van der Waals surface area (Å²) in [5.41, 5.74) is 0.979. The summed E-state index contributed by atoms with van der Waals surface area (Å²) < 4.78 is 5.26. The molecule has 0 bridgehead atoms. The smallest absolute Gasteiger partial charge is 0.410 e. The number of β-amino-alcohol motifs (C(OH)–C–C–N with tert-alkyl or cyclic N) is 1. The minimum absolute atomic E-state index is 0.292. The van der Waals surface area contributed by atoms with Crippen molar-refractivity contribution in [2.45, 2.75) is 19.1 Å². The van der Waals surface area contributed by atoms with Crippen molar-refractivity contribution in [2.75, 3.05) is 13.1 Å². The number of fused-ring (bicyclic) bond motifs is 1. The minimum atomic E-state index is -0.368. The summed E-state index contributed by atoms with van der Waals surface area (Å²) in [6, 6.07) is 9.62. The zero-order chi connectivity index (χ0) is 12.5. The molecule has 4 nitrogen and oxygen atoms in total. The molecule has 0 aromatic heterocycles. The Bertz CT molecular complexity index is 434. The van der Waals surface area contributed by atoms with Crippen LogP contribution in [0, 0.1) is 11.8 Å². The lowest BCUT2D eigenvalue weighted by Crippen LogP contribution is -2.43. The molecule has 2 aliphatic rings. The van der Waals surface area contributed by atoms with Crippen LogP contribution in [0.3, 0.4) is 0 Å². The Kier molecular flexibility index (Phi) is 2.96. The third kappa shape index (κ3) is 2.34. The number of amides is 1. The van der Waals surface area contributed by atoms with Gasteiger partial charge in [0.15, 0.2) is 0 Å². The average molecular weight is 247 g/mol. The molecule has 2 fully saturated rings. The molecule has 4 heteroatoms. The van der Waals surface area contributed by atoms with Crippen molar-refractivity contribution in [3.8, 4) is 0 Å². The summed E-state index contributed by atoms with van der Waals surface area (Å²) in [6.07, 6.45) is 0.361. The van der Waals surface area contributed by atoms with Crippen molar-refractivity contribution in [1.29, 1.82) is 0 Å². The molecule has 1 aliphatic heterocycles. The van der Waals surface area contributed by atoms with Gasteiger partial charge in [0.1, 0.15) is 6.61 Å². The van der Waals surface area contributed by atoms with E-state index in [1.165, 1.54) is 0 Å².